The van der Waals surface area contributed by atoms with Gasteiger partial charge in [0.2, 0.25) is 11.8 Å². The average Bonchev–Trinajstić information content (AvgIpc) is 0.777. The first-order valence-corrected chi connectivity index (χ1v) is 51.4. The predicted molar refractivity (Wildman–Crippen MR) is 475 cm³/mol. The van der Waals surface area contributed by atoms with Gasteiger partial charge in [-0.25, -0.2) is 0 Å². The number of aliphatic hydroxyl groups is 4. The maximum Gasteiger partial charge on any atom is 0.310 e. The lowest BCUT2D eigenvalue weighted by atomic mass is 9.95. The molecule has 0 aromatic heterocycles. The fraction of sp³-hybridized carbons (Fsp3) is 0.938. The minimum Gasteiger partial charge on any atom is -0.756 e. The Morgan fingerprint density at radius 2 is 0.625 bits per heavy atom. The van der Waals surface area contributed by atoms with Crippen LogP contribution < -0.4 is 15.5 Å². The van der Waals surface area contributed by atoms with Crippen LogP contribution in [0.5, 0.6) is 0 Å². The van der Waals surface area contributed by atoms with E-state index in [1.165, 1.54) is 173 Å². The molecule has 0 aromatic rings. The van der Waals surface area contributed by atoms with Gasteiger partial charge < -0.3 is 78.5 Å². The Hall–Kier alpha value is -3.35. The Balaban J connectivity index is 2.56. The van der Waals surface area contributed by atoms with Gasteiger partial charge in [-0.3, -0.25) is 33.3 Å². The largest absolute Gasteiger partial charge is 0.756 e. The molecule has 2 rings (SSSR count). The Kier molecular flexibility index (Phi) is 72.2. The molecule has 2 amide bonds. The zero-order chi connectivity index (χ0) is 87.7. The summed E-state index contributed by atoms with van der Waals surface area (Å²) in [6.07, 6.45) is 46.3. The summed E-state index contributed by atoms with van der Waals surface area (Å²) in [5, 5.41) is 51.8. The van der Waals surface area contributed by atoms with Gasteiger partial charge in [0, 0.05) is 19.3 Å². The lowest BCUT2D eigenvalue weighted by Gasteiger charge is -2.47. The van der Waals surface area contributed by atoms with E-state index in [1.54, 1.807) is 0 Å². The molecule has 0 saturated carbocycles. The molecule has 2 aliphatic rings. The summed E-state index contributed by atoms with van der Waals surface area (Å²) in [7, 11) is -5.83. The zero-order valence-corrected chi connectivity index (χ0v) is 77.8. The van der Waals surface area contributed by atoms with E-state index >= 15 is 0 Å². The highest BCUT2D eigenvalue weighted by molar-refractivity contribution is 7.44. The number of esters is 4. The molecular formula is C96H180N2O21P-. The van der Waals surface area contributed by atoms with E-state index in [-0.39, 0.29) is 32.1 Å². The molecule has 7 N–H and O–H groups in total. The predicted octanol–water partition coefficient (Wildman–Crippen LogP) is 21.7. The van der Waals surface area contributed by atoms with E-state index in [4.69, 9.17) is 37.7 Å². The topological polar surface area (TPSA) is 342 Å². The quantitative estimate of drug-likeness (QED) is 0.0129. The third-order valence-electron chi connectivity index (χ3n) is 24.1. The molecule has 2 saturated heterocycles. The van der Waals surface area contributed by atoms with Gasteiger partial charge in [-0.15, -0.1) is 0 Å². The number of hydrogen-bond donors (Lipinski definition) is 7. The molecule has 8 unspecified atom stereocenters. The molecule has 23 nitrogen and oxygen atoms in total. The lowest BCUT2D eigenvalue weighted by Crippen LogP contribution is -2.67. The molecule has 0 bridgehead atoms. The maximum atomic E-state index is 15.0. The van der Waals surface area contributed by atoms with Gasteiger partial charge in [-0.2, -0.15) is 0 Å². The van der Waals surface area contributed by atoms with Crippen LogP contribution in [-0.2, 0) is 71.0 Å². The molecule has 120 heavy (non-hydrogen) atoms. The fourth-order valence-electron chi connectivity index (χ4n) is 16.7. The number of ether oxygens (including phenoxy) is 7. The molecule has 0 radical (unpaired) electrons. The van der Waals surface area contributed by atoms with Gasteiger partial charge in [-0.05, 0) is 57.8 Å². The van der Waals surface area contributed by atoms with Crippen LogP contribution in [0.4, 0.5) is 0 Å². The number of rotatable bonds is 84. The summed E-state index contributed by atoms with van der Waals surface area (Å²) < 4.78 is 61.1. The Morgan fingerprint density at radius 1 is 0.350 bits per heavy atom. The van der Waals surface area contributed by atoms with Crippen LogP contribution in [0, 0.1) is 0 Å². The number of unbranched alkanes of at least 4 members (excludes halogenated alkanes) is 54. The summed E-state index contributed by atoms with van der Waals surface area (Å²) in [6, 6.07) is -3.41. The fourth-order valence-corrected chi connectivity index (χ4v) is 17.2. The number of hydrogen-bond acceptors (Lipinski definition) is 20. The number of phosphoric acid groups is 1. The molecule has 0 aliphatic carbocycles. The van der Waals surface area contributed by atoms with Crippen molar-refractivity contribution in [3.05, 3.63) is 0 Å². The smallest absolute Gasteiger partial charge is 0.310 e. The van der Waals surface area contributed by atoms with Gasteiger partial charge in [-0.1, -0.05) is 388 Å². The molecule has 24 heteroatoms. The van der Waals surface area contributed by atoms with Crippen LogP contribution in [0.25, 0.3) is 0 Å². The van der Waals surface area contributed by atoms with Crippen LogP contribution in [0.2, 0.25) is 0 Å². The second-order valence-corrected chi connectivity index (χ2v) is 36.6. The Labute approximate surface area is 729 Å². The third-order valence-corrected chi connectivity index (χ3v) is 24.6. The highest BCUT2D eigenvalue weighted by Crippen LogP contribution is 2.40. The third kappa shape index (κ3) is 60.3. The van der Waals surface area contributed by atoms with E-state index in [2.05, 4.69) is 52.2 Å². The van der Waals surface area contributed by atoms with Gasteiger partial charge in [0.25, 0.3) is 7.82 Å². The first kappa shape index (κ1) is 113. The van der Waals surface area contributed by atoms with Crippen molar-refractivity contribution in [1.29, 1.82) is 0 Å². The maximum absolute atomic E-state index is 15.0. The van der Waals surface area contributed by atoms with Crippen molar-refractivity contribution in [2.75, 3.05) is 13.2 Å². The minimum atomic E-state index is -5.83. The van der Waals surface area contributed by atoms with Crippen molar-refractivity contribution >= 4 is 43.5 Å². The van der Waals surface area contributed by atoms with E-state index in [0.29, 0.717) is 51.4 Å². The van der Waals surface area contributed by atoms with E-state index < -0.39 is 149 Å². The summed E-state index contributed by atoms with van der Waals surface area (Å²) in [6.45, 7) is 11.3. The number of amides is 2. The van der Waals surface area contributed by atoms with Crippen LogP contribution in [0.15, 0.2) is 0 Å². The van der Waals surface area contributed by atoms with Crippen LogP contribution in [0.1, 0.15) is 485 Å². The molecule has 2 aliphatic heterocycles. The first-order chi connectivity index (χ1) is 58.2. The summed E-state index contributed by atoms with van der Waals surface area (Å²) in [5.41, 5.74) is 0. The summed E-state index contributed by atoms with van der Waals surface area (Å²) >= 11 is 0. The molecule has 2 heterocycles. The van der Waals surface area contributed by atoms with Crippen LogP contribution in [-0.4, -0.2) is 154 Å². The lowest BCUT2D eigenvalue weighted by molar-refractivity contribution is -0.304. The standard InChI is InChI=1S/C96H181N2O21P/c1-7-13-19-25-31-37-39-40-42-48-54-59-65-70-85(102)113-78(67-61-55-49-43-33-27-21-15-9-3)73-83(100)97-89-92(107)91(106)82(116-95(89)108)77-112-96-90(98-84(101)74-79(68-62-56-50-44-34-28-22-16-10-4)114-86(103)71-64-58-52-46-36-30-24-18-12-6)94(93(81(76-99)117-96)119-120(109,110)111)118-88(105)75-80(69-63-57-51-45-35-29-23-17-11-5)115-87(104)72-66-60-53-47-41-38-32-26-20-14-8-2/h78-82,89-96,99,106-108H,7-77H2,1-6H3,(H,97,100)(H,98,101)(H2,109,110,111)/p-1/t78?,79?,80?,81?,82?,89?,90?,91-,92-,93-,94-,95+,96-/m1/s1. The second kappa shape index (κ2) is 76.8. The zero-order valence-electron chi connectivity index (χ0n) is 76.9. The van der Waals surface area contributed by atoms with Gasteiger partial charge in [0.15, 0.2) is 18.7 Å². The molecule has 706 valence electrons. The Morgan fingerprint density at radius 3 is 0.917 bits per heavy atom. The van der Waals surface area contributed by atoms with Gasteiger partial charge in [0.1, 0.15) is 60.9 Å². The second-order valence-electron chi connectivity index (χ2n) is 35.4. The summed E-state index contributed by atoms with van der Waals surface area (Å²) in [5.74, 6) is -3.90. The van der Waals surface area contributed by atoms with E-state index in [0.717, 1.165) is 173 Å². The molecule has 2 fully saturated rings. The average molecular weight is 1730 g/mol. The number of aliphatic hydroxyl groups excluding tert-OH is 4. The van der Waals surface area contributed by atoms with Crippen molar-refractivity contribution in [2.24, 2.45) is 0 Å². The van der Waals surface area contributed by atoms with Crippen molar-refractivity contribution in [3.63, 3.8) is 0 Å². The van der Waals surface area contributed by atoms with E-state index in [1.807, 2.05) is 0 Å². The van der Waals surface area contributed by atoms with Crippen molar-refractivity contribution in [1.82, 2.24) is 10.6 Å². The number of phosphoric ester groups is 1. The van der Waals surface area contributed by atoms with Gasteiger partial charge >= 0.3 is 23.9 Å². The molecule has 0 aromatic carbocycles. The van der Waals surface area contributed by atoms with Crippen LogP contribution in [0.3, 0.4) is 0 Å². The van der Waals surface area contributed by atoms with Crippen molar-refractivity contribution < 1.29 is 101 Å². The molecular weight excluding hydrogens is 1550 g/mol. The highest BCUT2D eigenvalue weighted by Gasteiger charge is 2.53. The normalized spacial score (nSPS) is 20.6. The molecule has 14 atom stereocenters. The first-order valence-electron chi connectivity index (χ1n) is 49.9. The number of carbonyl (C=O) groups is 6. The highest BCUT2D eigenvalue weighted by atomic mass is 31.2. The number of carbonyl (C=O) groups excluding carboxylic acids is 6. The number of nitrogens with one attached hydrogen (secondary N) is 2. The van der Waals surface area contributed by atoms with Crippen molar-refractivity contribution in [3.8, 4) is 0 Å². The van der Waals surface area contributed by atoms with Crippen LogP contribution >= 0.6 is 7.82 Å². The molecule has 0 spiro atoms. The SMILES string of the molecule is CCCCCCCCCCCCCCCC(=O)OC(CCCCCCCCCCC)CC(=O)NC1[C@@H](O)[C@H](O)C(CO[C@@H]2OC(CO)[C@@H](OP(=O)([O-])O)[C@H](OC(=O)CC(CCCCCCCCCCC)OC(=O)CCCCCCCCCCCCC)C2NC(=O)CC(CCCCCCCCCCC)OC(=O)CCCCCCCCCCC)O[C@@H]1O. The van der Waals surface area contributed by atoms with E-state index in [9.17, 15) is 63.5 Å². The Bertz CT molecular complexity index is 2510. The van der Waals surface area contributed by atoms with Crippen molar-refractivity contribution in [2.45, 2.75) is 564 Å². The minimum absolute atomic E-state index is 0.117. The monoisotopic (exact) mass is 1730 g/mol. The van der Waals surface area contributed by atoms with Gasteiger partial charge in [0.05, 0.1) is 32.5 Å². The summed E-state index contributed by atoms with van der Waals surface area (Å²) in [4.78, 5) is 108.